The van der Waals surface area contributed by atoms with Crippen LogP contribution in [0.2, 0.25) is 0 Å². The zero-order chi connectivity index (χ0) is 13.1. The minimum Gasteiger partial charge on any atom is -0.380 e. The van der Waals surface area contributed by atoms with Gasteiger partial charge >= 0.3 is 0 Å². The standard InChI is InChI=1S/C15H21Br2N/c1-3-11-4-6-12(7-5-11)18-15-13(16)8-10(2)9-14(15)17/h8-9,11-12,18H,3-7H2,1-2H3. The Morgan fingerprint density at radius 1 is 1.11 bits per heavy atom. The van der Waals surface area contributed by atoms with Crippen LogP contribution >= 0.6 is 31.9 Å². The van der Waals surface area contributed by atoms with E-state index in [0.29, 0.717) is 6.04 Å². The van der Waals surface area contributed by atoms with Gasteiger partial charge in [-0.2, -0.15) is 0 Å². The first-order valence-electron chi connectivity index (χ1n) is 6.82. The molecule has 1 fully saturated rings. The summed E-state index contributed by atoms with van der Waals surface area (Å²) >= 11 is 7.32. The molecule has 0 spiro atoms. The van der Waals surface area contributed by atoms with Crippen LogP contribution in [0.4, 0.5) is 5.69 Å². The Bertz CT molecular complexity index is 386. The van der Waals surface area contributed by atoms with Crippen molar-refractivity contribution in [2.45, 2.75) is 52.0 Å². The molecule has 2 rings (SSSR count). The highest BCUT2D eigenvalue weighted by Crippen LogP contribution is 2.35. The molecule has 0 aliphatic heterocycles. The fourth-order valence-electron chi connectivity index (χ4n) is 2.76. The van der Waals surface area contributed by atoms with Gasteiger partial charge in [-0.15, -0.1) is 0 Å². The first-order valence-corrected chi connectivity index (χ1v) is 8.41. The second-order valence-corrected chi connectivity index (χ2v) is 7.08. The van der Waals surface area contributed by atoms with Gasteiger partial charge in [0.15, 0.2) is 0 Å². The maximum Gasteiger partial charge on any atom is 0.0631 e. The molecule has 0 aromatic heterocycles. The molecular formula is C15H21Br2N. The molecule has 1 aromatic rings. The van der Waals surface area contributed by atoms with Crippen LogP contribution in [-0.4, -0.2) is 6.04 Å². The van der Waals surface area contributed by atoms with Crippen LogP contribution in [0.25, 0.3) is 0 Å². The molecule has 1 aliphatic carbocycles. The lowest BCUT2D eigenvalue weighted by Gasteiger charge is -2.30. The van der Waals surface area contributed by atoms with Crippen molar-refractivity contribution in [3.05, 3.63) is 26.6 Å². The summed E-state index contributed by atoms with van der Waals surface area (Å²) < 4.78 is 2.32. The normalized spacial score (nSPS) is 24.0. The van der Waals surface area contributed by atoms with E-state index in [2.05, 4.69) is 63.2 Å². The summed E-state index contributed by atoms with van der Waals surface area (Å²) in [5, 5.41) is 3.70. The van der Waals surface area contributed by atoms with E-state index in [9.17, 15) is 0 Å². The third-order valence-electron chi connectivity index (χ3n) is 3.96. The molecule has 0 amide bonds. The van der Waals surface area contributed by atoms with Gasteiger partial charge in [0.1, 0.15) is 0 Å². The number of anilines is 1. The monoisotopic (exact) mass is 373 g/mol. The van der Waals surface area contributed by atoms with Gasteiger partial charge in [0, 0.05) is 15.0 Å². The predicted molar refractivity (Wildman–Crippen MR) is 86.2 cm³/mol. The number of hydrogen-bond donors (Lipinski definition) is 1. The molecule has 18 heavy (non-hydrogen) atoms. The Morgan fingerprint density at radius 3 is 2.17 bits per heavy atom. The van der Waals surface area contributed by atoms with Gasteiger partial charge in [-0.25, -0.2) is 0 Å². The largest absolute Gasteiger partial charge is 0.380 e. The summed E-state index contributed by atoms with van der Waals surface area (Å²) in [6.45, 7) is 4.43. The fourth-order valence-corrected chi connectivity index (χ4v) is 4.40. The summed E-state index contributed by atoms with van der Waals surface area (Å²) in [6, 6.07) is 4.97. The van der Waals surface area contributed by atoms with E-state index in [1.54, 1.807) is 0 Å². The molecule has 0 bridgehead atoms. The summed E-state index contributed by atoms with van der Waals surface area (Å²) in [6.07, 6.45) is 6.67. The molecule has 0 atom stereocenters. The van der Waals surface area contributed by atoms with Crippen molar-refractivity contribution >= 4 is 37.5 Å². The molecule has 1 nitrogen and oxygen atoms in total. The molecular weight excluding hydrogens is 354 g/mol. The molecule has 1 aromatic carbocycles. The molecule has 1 saturated carbocycles. The van der Waals surface area contributed by atoms with Crippen LogP contribution in [0, 0.1) is 12.8 Å². The minimum absolute atomic E-state index is 0.628. The van der Waals surface area contributed by atoms with E-state index >= 15 is 0 Å². The highest BCUT2D eigenvalue weighted by Gasteiger charge is 2.21. The van der Waals surface area contributed by atoms with Crippen molar-refractivity contribution in [2.24, 2.45) is 5.92 Å². The average molecular weight is 375 g/mol. The number of benzene rings is 1. The van der Waals surface area contributed by atoms with Crippen LogP contribution < -0.4 is 5.32 Å². The average Bonchev–Trinajstić information content (AvgIpc) is 2.34. The summed E-state index contributed by atoms with van der Waals surface area (Å²) in [5.41, 5.74) is 2.48. The number of nitrogens with one attached hydrogen (secondary N) is 1. The van der Waals surface area contributed by atoms with Gasteiger partial charge in [0.05, 0.1) is 5.69 Å². The van der Waals surface area contributed by atoms with E-state index < -0.39 is 0 Å². The fraction of sp³-hybridized carbons (Fsp3) is 0.600. The van der Waals surface area contributed by atoms with Crippen molar-refractivity contribution in [3.8, 4) is 0 Å². The van der Waals surface area contributed by atoms with Gasteiger partial charge < -0.3 is 5.32 Å². The topological polar surface area (TPSA) is 12.0 Å². The quantitative estimate of drug-likeness (QED) is 0.694. The summed E-state index contributed by atoms with van der Waals surface area (Å²) in [5.74, 6) is 0.952. The number of rotatable bonds is 3. The third-order valence-corrected chi connectivity index (χ3v) is 5.21. The first kappa shape index (κ1) is 14.4. The zero-order valence-corrected chi connectivity index (χ0v) is 14.3. The maximum atomic E-state index is 3.70. The molecule has 1 N–H and O–H groups in total. The minimum atomic E-state index is 0.628. The molecule has 100 valence electrons. The lowest BCUT2D eigenvalue weighted by atomic mass is 9.84. The second kappa shape index (κ2) is 6.42. The number of halogens is 2. The van der Waals surface area contributed by atoms with Crippen LogP contribution in [0.3, 0.4) is 0 Å². The Hall–Kier alpha value is -0.0200. The van der Waals surface area contributed by atoms with Crippen molar-refractivity contribution in [1.82, 2.24) is 0 Å². The van der Waals surface area contributed by atoms with E-state index in [1.807, 2.05) is 0 Å². The highest BCUT2D eigenvalue weighted by atomic mass is 79.9. The van der Waals surface area contributed by atoms with Crippen molar-refractivity contribution < 1.29 is 0 Å². The third kappa shape index (κ3) is 3.51. The lowest BCUT2D eigenvalue weighted by molar-refractivity contribution is 0.330. The second-order valence-electron chi connectivity index (χ2n) is 5.37. The Kier molecular flexibility index (Phi) is 5.14. The van der Waals surface area contributed by atoms with Gasteiger partial charge in [0.2, 0.25) is 0 Å². The number of hydrogen-bond acceptors (Lipinski definition) is 1. The van der Waals surface area contributed by atoms with Crippen LogP contribution in [0.5, 0.6) is 0 Å². The molecule has 0 unspecified atom stereocenters. The smallest absolute Gasteiger partial charge is 0.0631 e. The first-order chi connectivity index (χ1) is 8.60. The van der Waals surface area contributed by atoms with Gasteiger partial charge in [-0.3, -0.25) is 0 Å². The Morgan fingerprint density at radius 2 is 1.67 bits per heavy atom. The van der Waals surface area contributed by atoms with Gasteiger partial charge in [-0.1, -0.05) is 13.3 Å². The van der Waals surface area contributed by atoms with Crippen LogP contribution in [0.15, 0.2) is 21.1 Å². The van der Waals surface area contributed by atoms with Crippen molar-refractivity contribution in [3.63, 3.8) is 0 Å². The number of aryl methyl sites for hydroxylation is 1. The van der Waals surface area contributed by atoms with E-state index in [-0.39, 0.29) is 0 Å². The van der Waals surface area contributed by atoms with Gasteiger partial charge in [0.25, 0.3) is 0 Å². The van der Waals surface area contributed by atoms with E-state index in [0.717, 1.165) is 14.9 Å². The molecule has 0 radical (unpaired) electrons. The maximum absolute atomic E-state index is 3.70. The lowest BCUT2D eigenvalue weighted by Crippen LogP contribution is -2.26. The van der Waals surface area contributed by atoms with Crippen LogP contribution in [0.1, 0.15) is 44.6 Å². The van der Waals surface area contributed by atoms with Gasteiger partial charge in [-0.05, 0) is 88.1 Å². The Labute approximate surface area is 127 Å². The SMILES string of the molecule is CCC1CCC(Nc2c(Br)cc(C)cc2Br)CC1. The van der Waals surface area contributed by atoms with E-state index in [4.69, 9.17) is 0 Å². The predicted octanol–water partition coefficient (Wildman–Crippen LogP) is 5.90. The molecule has 0 heterocycles. The highest BCUT2D eigenvalue weighted by molar-refractivity contribution is 9.11. The van der Waals surface area contributed by atoms with Crippen molar-refractivity contribution in [2.75, 3.05) is 5.32 Å². The molecule has 0 saturated heterocycles. The summed E-state index contributed by atoms with van der Waals surface area (Å²) in [4.78, 5) is 0. The van der Waals surface area contributed by atoms with Crippen molar-refractivity contribution in [1.29, 1.82) is 0 Å². The van der Waals surface area contributed by atoms with E-state index in [1.165, 1.54) is 43.4 Å². The molecule has 3 heteroatoms. The zero-order valence-electron chi connectivity index (χ0n) is 11.1. The molecule has 1 aliphatic rings. The van der Waals surface area contributed by atoms with Crippen LogP contribution in [-0.2, 0) is 0 Å². The Balaban J connectivity index is 2.02. The summed E-state index contributed by atoms with van der Waals surface area (Å²) in [7, 11) is 0.